The maximum Gasteiger partial charge on any atom is 0.131 e. The second-order valence-corrected chi connectivity index (χ2v) is 4.27. The van der Waals surface area contributed by atoms with Gasteiger partial charge >= 0.3 is 0 Å². The molecular weight excluding hydrogens is 224 g/mol. The molecule has 1 atom stereocenters. The van der Waals surface area contributed by atoms with E-state index in [1.165, 1.54) is 5.56 Å². The molecule has 1 aromatic heterocycles. The molecule has 0 aliphatic heterocycles. The zero-order valence-electron chi connectivity index (χ0n) is 10.9. The number of aromatic nitrogens is 2. The lowest BCUT2D eigenvalue weighted by molar-refractivity contribution is 0.561. The second kappa shape index (κ2) is 5.80. The standard InChI is InChI=1S/C14H20N4/c1-3-11-5-7-12(8-6-11)13(17-15)14-16-9-10-18(14)4-2/h5-10,13,17H,3-4,15H2,1-2H3. The van der Waals surface area contributed by atoms with Gasteiger partial charge in [0.05, 0.1) is 0 Å². The lowest BCUT2D eigenvalue weighted by Crippen LogP contribution is -2.31. The van der Waals surface area contributed by atoms with Gasteiger partial charge in [0, 0.05) is 18.9 Å². The largest absolute Gasteiger partial charge is 0.334 e. The molecule has 4 heteroatoms. The molecule has 0 bridgehead atoms. The number of nitrogens with zero attached hydrogens (tertiary/aromatic N) is 2. The SMILES string of the molecule is CCc1ccc(C(NN)c2nccn2CC)cc1. The van der Waals surface area contributed by atoms with Crippen molar-refractivity contribution in [2.24, 2.45) is 5.84 Å². The third-order valence-electron chi connectivity index (χ3n) is 3.23. The van der Waals surface area contributed by atoms with Crippen molar-refractivity contribution in [1.82, 2.24) is 15.0 Å². The van der Waals surface area contributed by atoms with Crippen molar-refractivity contribution in [3.05, 3.63) is 53.6 Å². The van der Waals surface area contributed by atoms with Crippen molar-refractivity contribution in [1.29, 1.82) is 0 Å². The number of hydrogen-bond acceptors (Lipinski definition) is 3. The normalized spacial score (nSPS) is 12.6. The maximum atomic E-state index is 5.69. The summed E-state index contributed by atoms with van der Waals surface area (Å²) in [6.45, 7) is 5.14. The Labute approximate surface area is 108 Å². The van der Waals surface area contributed by atoms with E-state index in [0.29, 0.717) is 0 Å². The fourth-order valence-corrected chi connectivity index (χ4v) is 2.11. The van der Waals surface area contributed by atoms with E-state index in [-0.39, 0.29) is 6.04 Å². The molecule has 3 N–H and O–H groups in total. The third-order valence-corrected chi connectivity index (χ3v) is 3.23. The Hall–Kier alpha value is -1.65. The Morgan fingerprint density at radius 1 is 1.28 bits per heavy atom. The Bertz CT molecular complexity index is 487. The average Bonchev–Trinajstić information content (AvgIpc) is 2.89. The van der Waals surface area contributed by atoms with Gasteiger partial charge < -0.3 is 4.57 Å². The first kappa shape index (κ1) is 12.8. The summed E-state index contributed by atoms with van der Waals surface area (Å²) in [5, 5.41) is 0. The number of imidazole rings is 1. The molecule has 0 saturated carbocycles. The summed E-state index contributed by atoms with van der Waals surface area (Å²) >= 11 is 0. The lowest BCUT2D eigenvalue weighted by atomic mass is 10.0. The molecule has 96 valence electrons. The predicted octanol–water partition coefficient (Wildman–Crippen LogP) is 2.02. The summed E-state index contributed by atoms with van der Waals surface area (Å²) in [4.78, 5) is 4.40. The highest BCUT2D eigenvalue weighted by Crippen LogP contribution is 2.20. The van der Waals surface area contributed by atoms with E-state index in [0.717, 1.165) is 24.4 Å². The van der Waals surface area contributed by atoms with Gasteiger partial charge in [0.15, 0.2) is 0 Å². The molecule has 0 saturated heterocycles. The number of aryl methyl sites for hydroxylation is 2. The van der Waals surface area contributed by atoms with Crippen molar-refractivity contribution < 1.29 is 0 Å². The minimum atomic E-state index is -0.0640. The van der Waals surface area contributed by atoms with Crippen LogP contribution in [-0.2, 0) is 13.0 Å². The Balaban J connectivity index is 2.32. The molecular formula is C14H20N4. The highest BCUT2D eigenvalue weighted by molar-refractivity contribution is 5.29. The zero-order valence-corrected chi connectivity index (χ0v) is 10.9. The average molecular weight is 244 g/mol. The number of nitrogens with two attached hydrogens (primary N) is 1. The fraction of sp³-hybridized carbons (Fsp3) is 0.357. The van der Waals surface area contributed by atoms with Crippen LogP contribution in [0.1, 0.15) is 36.8 Å². The predicted molar refractivity (Wildman–Crippen MR) is 72.9 cm³/mol. The van der Waals surface area contributed by atoms with Crippen LogP contribution in [0.25, 0.3) is 0 Å². The Kier molecular flexibility index (Phi) is 4.12. The topological polar surface area (TPSA) is 55.9 Å². The molecule has 0 spiro atoms. The van der Waals surface area contributed by atoms with E-state index >= 15 is 0 Å². The van der Waals surface area contributed by atoms with Crippen LogP contribution in [-0.4, -0.2) is 9.55 Å². The summed E-state index contributed by atoms with van der Waals surface area (Å²) in [6.07, 6.45) is 4.83. The van der Waals surface area contributed by atoms with Crippen LogP contribution in [0.3, 0.4) is 0 Å². The molecule has 18 heavy (non-hydrogen) atoms. The van der Waals surface area contributed by atoms with Crippen LogP contribution < -0.4 is 11.3 Å². The monoisotopic (exact) mass is 244 g/mol. The molecule has 1 unspecified atom stereocenters. The van der Waals surface area contributed by atoms with Gasteiger partial charge in [-0.15, -0.1) is 0 Å². The molecule has 1 aromatic carbocycles. The number of benzene rings is 1. The van der Waals surface area contributed by atoms with Crippen LogP contribution in [0.15, 0.2) is 36.7 Å². The quantitative estimate of drug-likeness (QED) is 0.625. The smallest absolute Gasteiger partial charge is 0.131 e. The molecule has 1 heterocycles. The van der Waals surface area contributed by atoms with Gasteiger partial charge in [-0.1, -0.05) is 31.2 Å². The highest BCUT2D eigenvalue weighted by atomic mass is 15.3. The van der Waals surface area contributed by atoms with Crippen molar-refractivity contribution in [3.63, 3.8) is 0 Å². The zero-order chi connectivity index (χ0) is 13.0. The number of rotatable bonds is 5. The van der Waals surface area contributed by atoms with E-state index < -0.39 is 0 Å². The second-order valence-electron chi connectivity index (χ2n) is 4.27. The van der Waals surface area contributed by atoms with E-state index in [4.69, 9.17) is 5.84 Å². The first-order valence-corrected chi connectivity index (χ1v) is 6.36. The summed E-state index contributed by atoms with van der Waals surface area (Å²) in [5.41, 5.74) is 5.31. The molecule has 4 nitrogen and oxygen atoms in total. The number of hydrazine groups is 1. The van der Waals surface area contributed by atoms with Crippen LogP contribution >= 0.6 is 0 Å². The fourth-order valence-electron chi connectivity index (χ4n) is 2.11. The van der Waals surface area contributed by atoms with Crippen molar-refractivity contribution in [3.8, 4) is 0 Å². The summed E-state index contributed by atoms with van der Waals surface area (Å²) in [6, 6.07) is 8.43. The van der Waals surface area contributed by atoms with Gasteiger partial charge in [-0.25, -0.2) is 10.4 Å². The molecule has 0 aliphatic rings. The molecule has 0 fully saturated rings. The molecule has 2 rings (SSSR count). The first-order valence-electron chi connectivity index (χ1n) is 6.36. The summed E-state index contributed by atoms with van der Waals surface area (Å²) < 4.78 is 2.10. The highest BCUT2D eigenvalue weighted by Gasteiger charge is 2.16. The van der Waals surface area contributed by atoms with Gasteiger partial charge in [-0.05, 0) is 24.5 Å². The van der Waals surface area contributed by atoms with E-state index in [1.807, 2.05) is 12.4 Å². The molecule has 0 radical (unpaired) electrons. The van der Waals surface area contributed by atoms with Crippen LogP contribution in [0.4, 0.5) is 0 Å². The van der Waals surface area contributed by atoms with Crippen molar-refractivity contribution in [2.75, 3.05) is 0 Å². The summed E-state index contributed by atoms with van der Waals surface area (Å²) in [5.74, 6) is 6.64. The first-order chi connectivity index (χ1) is 8.80. The molecule has 0 aliphatic carbocycles. The molecule has 0 amide bonds. The number of hydrogen-bond donors (Lipinski definition) is 2. The van der Waals surface area contributed by atoms with Crippen molar-refractivity contribution in [2.45, 2.75) is 32.9 Å². The van der Waals surface area contributed by atoms with E-state index in [2.05, 4.69) is 53.1 Å². The van der Waals surface area contributed by atoms with Crippen LogP contribution in [0.5, 0.6) is 0 Å². The van der Waals surface area contributed by atoms with Gasteiger partial charge in [0.25, 0.3) is 0 Å². The Morgan fingerprint density at radius 2 is 2.00 bits per heavy atom. The maximum absolute atomic E-state index is 5.69. The minimum absolute atomic E-state index is 0.0640. The lowest BCUT2D eigenvalue weighted by Gasteiger charge is -2.17. The van der Waals surface area contributed by atoms with Gasteiger partial charge in [0.1, 0.15) is 11.9 Å². The van der Waals surface area contributed by atoms with Crippen molar-refractivity contribution >= 4 is 0 Å². The van der Waals surface area contributed by atoms with Crippen LogP contribution in [0, 0.1) is 0 Å². The third kappa shape index (κ3) is 2.44. The van der Waals surface area contributed by atoms with E-state index in [9.17, 15) is 0 Å². The van der Waals surface area contributed by atoms with Gasteiger partial charge in [-0.2, -0.15) is 0 Å². The Morgan fingerprint density at radius 3 is 2.56 bits per heavy atom. The summed E-state index contributed by atoms with van der Waals surface area (Å²) in [7, 11) is 0. The number of nitrogens with one attached hydrogen (secondary N) is 1. The van der Waals surface area contributed by atoms with Crippen LogP contribution in [0.2, 0.25) is 0 Å². The molecule has 2 aromatic rings. The minimum Gasteiger partial charge on any atom is -0.334 e. The van der Waals surface area contributed by atoms with Gasteiger partial charge in [-0.3, -0.25) is 5.84 Å². The van der Waals surface area contributed by atoms with E-state index in [1.54, 1.807) is 0 Å². The van der Waals surface area contributed by atoms with Gasteiger partial charge in [0.2, 0.25) is 0 Å².